The van der Waals surface area contributed by atoms with E-state index in [0.717, 1.165) is 29.0 Å². The van der Waals surface area contributed by atoms with Gasteiger partial charge in [-0.3, -0.25) is 4.79 Å². The lowest BCUT2D eigenvalue weighted by molar-refractivity contribution is 0.233. The van der Waals surface area contributed by atoms with Crippen LogP contribution in [0.25, 0.3) is 10.9 Å². The summed E-state index contributed by atoms with van der Waals surface area (Å²) in [5.41, 5.74) is 1.43. The molecule has 0 aliphatic heterocycles. The number of para-hydroxylation sites is 1. The summed E-state index contributed by atoms with van der Waals surface area (Å²) in [5, 5.41) is 20.5. The van der Waals surface area contributed by atoms with Crippen molar-refractivity contribution in [2.24, 2.45) is 0 Å². The summed E-state index contributed by atoms with van der Waals surface area (Å²) in [5.74, 6) is -0.266. The number of H-pyrrole nitrogens is 1. The molecule has 23 heavy (non-hydrogen) atoms. The van der Waals surface area contributed by atoms with Crippen LogP contribution >= 0.6 is 0 Å². The van der Waals surface area contributed by atoms with Crippen molar-refractivity contribution in [2.75, 3.05) is 0 Å². The Hall–Kier alpha value is -2.53. The fraction of sp³-hybridized carbons (Fsp3) is 0.278. The van der Waals surface area contributed by atoms with Crippen LogP contribution in [0.4, 0.5) is 0 Å². The summed E-state index contributed by atoms with van der Waals surface area (Å²) in [7, 11) is 0. The normalized spacial score (nSPS) is 12.6. The highest BCUT2D eigenvalue weighted by Crippen LogP contribution is 2.37. The van der Waals surface area contributed by atoms with Gasteiger partial charge in [-0.05, 0) is 18.1 Å². The molecule has 120 valence electrons. The molecule has 3 N–H and O–H groups in total. The molecule has 0 spiro atoms. The predicted molar refractivity (Wildman–Crippen MR) is 87.6 cm³/mol. The number of benzene rings is 1. The van der Waals surface area contributed by atoms with E-state index in [-0.39, 0.29) is 29.8 Å². The van der Waals surface area contributed by atoms with Crippen LogP contribution in [0.3, 0.4) is 0 Å². The molecule has 1 aromatic carbocycles. The maximum absolute atomic E-state index is 11.9. The van der Waals surface area contributed by atoms with Crippen LogP contribution in [0.5, 0.6) is 5.75 Å². The number of aliphatic hydroxyl groups excluding tert-OH is 1. The van der Waals surface area contributed by atoms with E-state index >= 15 is 0 Å². The molecule has 1 unspecified atom stereocenters. The largest absolute Gasteiger partial charge is 0.502 e. The molecular formula is C18H19NO4. The fourth-order valence-corrected chi connectivity index (χ4v) is 2.97. The Balaban J connectivity index is 2.20. The van der Waals surface area contributed by atoms with Crippen LogP contribution < -0.4 is 5.43 Å². The maximum atomic E-state index is 11.9. The van der Waals surface area contributed by atoms with Gasteiger partial charge in [-0.15, -0.1) is 0 Å². The van der Waals surface area contributed by atoms with E-state index < -0.39 is 5.43 Å². The number of nitrogens with one attached hydrogen (secondary N) is 1. The van der Waals surface area contributed by atoms with Crippen molar-refractivity contribution in [3.05, 3.63) is 63.8 Å². The molecule has 0 aliphatic carbocycles. The van der Waals surface area contributed by atoms with Gasteiger partial charge in [0.15, 0.2) is 5.76 Å². The summed E-state index contributed by atoms with van der Waals surface area (Å²) >= 11 is 0. The summed E-state index contributed by atoms with van der Waals surface area (Å²) in [4.78, 5) is 15.1. The van der Waals surface area contributed by atoms with Gasteiger partial charge in [-0.1, -0.05) is 31.5 Å². The number of aromatic amines is 1. The van der Waals surface area contributed by atoms with Gasteiger partial charge in [-0.2, -0.15) is 0 Å². The lowest BCUT2D eigenvalue weighted by Crippen LogP contribution is -2.09. The SMILES string of the molecule is CCCC(c1oc(CO)cc(=O)c1O)c1c[nH]c2ccccc12. The molecule has 3 rings (SSSR count). The first-order valence-corrected chi connectivity index (χ1v) is 7.68. The van der Waals surface area contributed by atoms with Gasteiger partial charge in [0, 0.05) is 29.1 Å². The molecule has 0 saturated heterocycles. The Labute approximate surface area is 133 Å². The Morgan fingerprint density at radius 1 is 1.30 bits per heavy atom. The first-order chi connectivity index (χ1) is 11.2. The summed E-state index contributed by atoms with van der Waals surface area (Å²) in [6.45, 7) is 1.65. The molecular weight excluding hydrogens is 294 g/mol. The zero-order valence-corrected chi connectivity index (χ0v) is 12.9. The molecule has 0 aliphatic rings. The Morgan fingerprint density at radius 3 is 2.83 bits per heavy atom. The number of aromatic hydroxyl groups is 1. The third kappa shape index (κ3) is 2.75. The minimum atomic E-state index is -0.531. The van der Waals surface area contributed by atoms with E-state index in [1.165, 1.54) is 0 Å². The standard InChI is InChI=1S/C18H19NO4/c1-2-5-13(14-9-19-15-7-4-3-6-12(14)15)18-17(22)16(21)8-11(10-20)23-18/h3-4,6-9,13,19-20,22H,2,5,10H2,1H3. The van der Waals surface area contributed by atoms with Gasteiger partial charge < -0.3 is 19.6 Å². The second-order valence-corrected chi connectivity index (χ2v) is 5.58. The van der Waals surface area contributed by atoms with Gasteiger partial charge in [0.2, 0.25) is 11.2 Å². The number of aromatic nitrogens is 1. The maximum Gasteiger partial charge on any atom is 0.227 e. The van der Waals surface area contributed by atoms with Crippen LogP contribution in [-0.2, 0) is 6.61 Å². The summed E-state index contributed by atoms with van der Waals surface area (Å²) < 4.78 is 5.61. The second-order valence-electron chi connectivity index (χ2n) is 5.58. The molecule has 2 heterocycles. The van der Waals surface area contributed by atoms with Crippen molar-refractivity contribution < 1.29 is 14.6 Å². The van der Waals surface area contributed by atoms with Gasteiger partial charge in [-0.25, -0.2) is 0 Å². The fourth-order valence-electron chi connectivity index (χ4n) is 2.97. The van der Waals surface area contributed by atoms with Crippen molar-refractivity contribution >= 4 is 10.9 Å². The Morgan fingerprint density at radius 2 is 2.09 bits per heavy atom. The number of hydrogen-bond donors (Lipinski definition) is 3. The van der Waals surface area contributed by atoms with Crippen molar-refractivity contribution in [2.45, 2.75) is 32.3 Å². The highest BCUT2D eigenvalue weighted by molar-refractivity contribution is 5.84. The van der Waals surface area contributed by atoms with Gasteiger partial charge in [0.1, 0.15) is 12.4 Å². The highest BCUT2D eigenvalue weighted by atomic mass is 16.4. The molecule has 0 amide bonds. The van der Waals surface area contributed by atoms with Crippen LogP contribution in [0.15, 0.2) is 45.7 Å². The highest BCUT2D eigenvalue weighted by Gasteiger charge is 2.25. The number of rotatable bonds is 5. The lowest BCUT2D eigenvalue weighted by atomic mass is 9.91. The minimum Gasteiger partial charge on any atom is -0.502 e. The Bertz CT molecular complexity index is 878. The minimum absolute atomic E-state index is 0.156. The first-order valence-electron chi connectivity index (χ1n) is 7.68. The smallest absolute Gasteiger partial charge is 0.227 e. The van der Waals surface area contributed by atoms with Crippen LogP contribution in [0, 0.1) is 0 Å². The number of fused-ring (bicyclic) bond motifs is 1. The molecule has 3 aromatic rings. The molecule has 5 heteroatoms. The molecule has 0 saturated carbocycles. The quantitative estimate of drug-likeness (QED) is 0.675. The Kier molecular flexibility index (Phi) is 4.21. The number of aliphatic hydroxyl groups is 1. The van der Waals surface area contributed by atoms with Crippen LogP contribution in [-0.4, -0.2) is 15.2 Å². The van der Waals surface area contributed by atoms with Gasteiger partial charge >= 0.3 is 0 Å². The van der Waals surface area contributed by atoms with Crippen molar-refractivity contribution in [1.29, 1.82) is 0 Å². The van der Waals surface area contributed by atoms with E-state index in [1.54, 1.807) is 0 Å². The van der Waals surface area contributed by atoms with Crippen LogP contribution in [0.2, 0.25) is 0 Å². The van der Waals surface area contributed by atoms with E-state index in [0.29, 0.717) is 6.42 Å². The molecule has 0 fully saturated rings. The van der Waals surface area contributed by atoms with Crippen molar-refractivity contribution in [1.82, 2.24) is 4.98 Å². The molecule has 1 atom stereocenters. The summed E-state index contributed by atoms with van der Waals surface area (Å²) in [6.07, 6.45) is 3.46. The first kappa shape index (κ1) is 15.4. The third-order valence-electron chi connectivity index (χ3n) is 4.05. The van der Waals surface area contributed by atoms with E-state index in [4.69, 9.17) is 4.42 Å². The van der Waals surface area contributed by atoms with Gasteiger partial charge in [0.25, 0.3) is 0 Å². The lowest BCUT2D eigenvalue weighted by Gasteiger charge is -2.16. The average Bonchev–Trinajstić information content (AvgIpc) is 2.99. The predicted octanol–water partition coefficient (Wildman–Crippen LogP) is 3.25. The van der Waals surface area contributed by atoms with E-state index in [2.05, 4.69) is 4.98 Å². The zero-order valence-electron chi connectivity index (χ0n) is 12.9. The van der Waals surface area contributed by atoms with Crippen molar-refractivity contribution in [3.63, 3.8) is 0 Å². The van der Waals surface area contributed by atoms with E-state index in [1.807, 2.05) is 37.4 Å². The second kappa shape index (κ2) is 6.30. The molecule has 2 aromatic heterocycles. The zero-order chi connectivity index (χ0) is 16.4. The van der Waals surface area contributed by atoms with E-state index in [9.17, 15) is 15.0 Å². The molecule has 0 radical (unpaired) electrons. The number of hydrogen-bond acceptors (Lipinski definition) is 4. The summed E-state index contributed by atoms with van der Waals surface area (Å²) in [6, 6.07) is 8.98. The monoisotopic (exact) mass is 313 g/mol. The van der Waals surface area contributed by atoms with Crippen LogP contribution in [0.1, 0.15) is 42.8 Å². The van der Waals surface area contributed by atoms with Crippen molar-refractivity contribution in [3.8, 4) is 5.75 Å². The average molecular weight is 313 g/mol. The molecule has 5 nitrogen and oxygen atoms in total. The molecule has 0 bridgehead atoms. The topological polar surface area (TPSA) is 86.5 Å². The third-order valence-corrected chi connectivity index (χ3v) is 4.05. The van der Waals surface area contributed by atoms with Gasteiger partial charge in [0.05, 0.1) is 0 Å².